The Bertz CT molecular complexity index is 303. The molecule has 2 atom stereocenters. The monoisotopic (exact) mass is 284 g/mol. The number of carbonyl (C=O) groups is 1. The number of nitrogens with one attached hydrogen (secondary N) is 1. The van der Waals surface area contributed by atoms with E-state index in [0.29, 0.717) is 11.8 Å². The molecule has 0 saturated carbocycles. The second kappa shape index (κ2) is 6.98. The van der Waals surface area contributed by atoms with E-state index in [2.05, 4.69) is 42.7 Å². The first-order chi connectivity index (χ1) is 9.13. The van der Waals surface area contributed by atoms with E-state index in [1.165, 1.54) is 24.3 Å². The molecule has 0 radical (unpaired) electrons. The van der Waals surface area contributed by atoms with Crippen molar-refractivity contribution in [2.75, 3.05) is 18.1 Å². The molecule has 0 aliphatic carbocycles. The van der Waals surface area contributed by atoms with Gasteiger partial charge >= 0.3 is 0 Å². The first kappa shape index (κ1) is 15.2. The Labute approximate surface area is 121 Å². The van der Waals surface area contributed by atoms with Crippen molar-refractivity contribution in [2.24, 2.45) is 11.8 Å². The van der Waals surface area contributed by atoms with Gasteiger partial charge in [0.25, 0.3) is 0 Å². The molecule has 2 saturated heterocycles. The molecule has 0 aromatic rings. The molecule has 110 valence electrons. The van der Waals surface area contributed by atoms with Crippen molar-refractivity contribution in [3.8, 4) is 0 Å². The van der Waals surface area contributed by atoms with Crippen molar-refractivity contribution in [3.05, 3.63) is 0 Å². The van der Waals surface area contributed by atoms with Crippen LogP contribution in [-0.2, 0) is 4.79 Å². The van der Waals surface area contributed by atoms with Crippen LogP contribution in [0.2, 0.25) is 0 Å². The van der Waals surface area contributed by atoms with Gasteiger partial charge in [0, 0.05) is 6.54 Å². The minimum atomic E-state index is 0.0366. The van der Waals surface area contributed by atoms with Crippen molar-refractivity contribution >= 4 is 17.7 Å². The third-order valence-corrected chi connectivity index (χ3v) is 5.37. The third-order valence-electron chi connectivity index (χ3n) is 4.32. The van der Waals surface area contributed by atoms with Gasteiger partial charge in [0.15, 0.2) is 0 Å². The average molecular weight is 284 g/mol. The smallest absolute Gasteiger partial charge is 0.241 e. The van der Waals surface area contributed by atoms with Crippen molar-refractivity contribution in [1.29, 1.82) is 0 Å². The van der Waals surface area contributed by atoms with Gasteiger partial charge in [-0.2, -0.15) is 11.8 Å². The maximum absolute atomic E-state index is 12.6. The first-order valence-electron chi connectivity index (χ1n) is 7.77. The van der Waals surface area contributed by atoms with Gasteiger partial charge in [-0.05, 0) is 42.6 Å². The molecule has 2 fully saturated rings. The first-order valence-corrected chi connectivity index (χ1v) is 8.93. The van der Waals surface area contributed by atoms with E-state index >= 15 is 0 Å². The van der Waals surface area contributed by atoms with E-state index in [9.17, 15) is 4.79 Å². The largest absolute Gasteiger partial charge is 0.326 e. The lowest BCUT2D eigenvalue weighted by Crippen LogP contribution is -2.41. The summed E-state index contributed by atoms with van der Waals surface area (Å²) in [5.41, 5.74) is 0. The zero-order valence-corrected chi connectivity index (χ0v) is 13.3. The lowest BCUT2D eigenvalue weighted by atomic mass is 10.0. The second-order valence-corrected chi connectivity index (χ2v) is 7.46. The van der Waals surface area contributed by atoms with Gasteiger partial charge in [-0.15, -0.1) is 0 Å². The van der Waals surface area contributed by atoms with Gasteiger partial charge < -0.3 is 4.90 Å². The van der Waals surface area contributed by atoms with Crippen LogP contribution in [0.5, 0.6) is 0 Å². The van der Waals surface area contributed by atoms with Crippen molar-refractivity contribution in [3.63, 3.8) is 0 Å². The highest BCUT2D eigenvalue weighted by Crippen LogP contribution is 2.27. The summed E-state index contributed by atoms with van der Waals surface area (Å²) in [6.45, 7) is 7.45. The average Bonchev–Trinajstić information content (AvgIpc) is 2.70. The molecule has 0 spiro atoms. The van der Waals surface area contributed by atoms with Gasteiger partial charge in [-0.1, -0.05) is 27.2 Å². The Balaban J connectivity index is 1.99. The second-order valence-electron chi connectivity index (χ2n) is 6.24. The lowest BCUT2D eigenvalue weighted by molar-refractivity contribution is -0.131. The van der Waals surface area contributed by atoms with Crippen LogP contribution in [0.4, 0.5) is 0 Å². The van der Waals surface area contributed by atoms with Gasteiger partial charge in [0.2, 0.25) is 5.91 Å². The van der Waals surface area contributed by atoms with Crippen LogP contribution in [0.3, 0.4) is 0 Å². The van der Waals surface area contributed by atoms with Crippen LogP contribution < -0.4 is 5.32 Å². The van der Waals surface area contributed by atoms with Crippen LogP contribution in [0.1, 0.15) is 46.5 Å². The number of hydrogen-bond donors (Lipinski definition) is 1. The topological polar surface area (TPSA) is 32.3 Å². The minimum absolute atomic E-state index is 0.0366. The van der Waals surface area contributed by atoms with E-state index in [1.807, 2.05) is 0 Å². The van der Waals surface area contributed by atoms with Crippen molar-refractivity contribution < 1.29 is 4.79 Å². The Hall–Kier alpha value is -0.220. The fraction of sp³-hybridized carbons (Fsp3) is 0.933. The molecule has 4 heteroatoms. The number of thioether (sulfide) groups is 1. The van der Waals surface area contributed by atoms with Gasteiger partial charge in [-0.25, -0.2) is 0 Å². The van der Waals surface area contributed by atoms with E-state index < -0.39 is 0 Å². The SMILES string of the molecule is CCCC1NC(C(C)C)C(=O)N1CC1CCSCC1. The van der Waals surface area contributed by atoms with E-state index in [4.69, 9.17) is 0 Å². The van der Waals surface area contributed by atoms with Crippen LogP contribution in [0.15, 0.2) is 0 Å². The summed E-state index contributed by atoms with van der Waals surface area (Å²) in [5.74, 6) is 3.99. The third kappa shape index (κ3) is 3.66. The Kier molecular flexibility index (Phi) is 5.58. The predicted molar refractivity (Wildman–Crippen MR) is 82.2 cm³/mol. The molecule has 2 unspecified atom stereocenters. The number of amides is 1. The molecule has 0 aromatic carbocycles. The summed E-state index contributed by atoms with van der Waals surface area (Å²) in [6, 6.07) is 0.0366. The molecule has 1 N–H and O–H groups in total. The van der Waals surface area contributed by atoms with E-state index in [0.717, 1.165) is 25.3 Å². The van der Waals surface area contributed by atoms with Crippen LogP contribution >= 0.6 is 11.8 Å². The Morgan fingerprint density at radius 1 is 1.37 bits per heavy atom. The molecule has 0 bridgehead atoms. The number of hydrogen-bond acceptors (Lipinski definition) is 3. The number of carbonyl (C=O) groups excluding carboxylic acids is 1. The number of rotatable bonds is 5. The molecule has 1 amide bonds. The summed E-state index contributed by atoms with van der Waals surface area (Å²) in [6.07, 6.45) is 5.04. The Morgan fingerprint density at radius 3 is 2.63 bits per heavy atom. The van der Waals surface area contributed by atoms with Gasteiger partial charge in [0.1, 0.15) is 0 Å². The quantitative estimate of drug-likeness (QED) is 0.842. The highest BCUT2D eigenvalue weighted by atomic mass is 32.2. The normalized spacial score (nSPS) is 29.5. The minimum Gasteiger partial charge on any atom is -0.326 e. The maximum atomic E-state index is 12.6. The number of nitrogens with zero attached hydrogens (tertiary/aromatic N) is 1. The van der Waals surface area contributed by atoms with Crippen molar-refractivity contribution in [1.82, 2.24) is 10.2 Å². The zero-order chi connectivity index (χ0) is 13.8. The molecule has 2 aliphatic rings. The highest BCUT2D eigenvalue weighted by molar-refractivity contribution is 7.99. The molecule has 3 nitrogen and oxygen atoms in total. The van der Waals surface area contributed by atoms with Crippen LogP contribution in [-0.4, -0.2) is 41.1 Å². The van der Waals surface area contributed by atoms with E-state index in [-0.39, 0.29) is 12.2 Å². The summed E-state index contributed by atoms with van der Waals surface area (Å²) in [5, 5.41) is 3.55. The fourth-order valence-corrected chi connectivity index (χ4v) is 4.32. The van der Waals surface area contributed by atoms with Crippen LogP contribution in [0.25, 0.3) is 0 Å². The Morgan fingerprint density at radius 2 is 2.05 bits per heavy atom. The molecule has 0 aromatic heterocycles. The standard InChI is InChI=1S/C15H28N2OS/c1-4-5-13-16-14(11(2)3)15(18)17(13)10-12-6-8-19-9-7-12/h11-14,16H,4-10H2,1-3H3. The molecule has 2 rings (SSSR count). The molecule has 2 heterocycles. The maximum Gasteiger partial charge on any atom is 0.241 e. The van der Waals surface area contributed by atoms with E-state index in [1.54, 1.807) is 0 Å². The lowest BCUT2D eigenvalue weighted by Gasteiger charge is -2.30. The zero-order valence-electron chi connectivity index (χ0n) is 12.5. The molecular weight excluding hydrogens is 256 g/mol. The molecular formula is C15H28N2OS. The van der Waals surface area contributed by atoms with Crippen LogP contribution in [0, 0.1) is 11.8 Å². The summed E-state index contributed by atoms with van der Waals surface area (Å²) in [7, 11) is 0. The molecule has 19 heavy (non-hydrogen) atoms. The predicted octanol–water partition coefficient (Wildman–Crippen LogP) is 2.71. The van der Waals surface area contributed by atoms with Gasteiger partial charge in [0.05, 0.1) is 12.2 Å². The summed E-state index contributed by atoms with van der Waals surface area (Å²) in [4.78, 5) is 14.7. The fourth-order valence-electron chi connectivity index (χ4n) is 3.12. The van der Waals surface area contributed by atoms with Crippen molar-refractivity contribution in [2.45, 2.75) is 58.7 Å². The highest BCUT2D eigenvalue weighted by Gasteiger charge is 2.40. The molecule has 2 aliphatic heterocycles. The summed E-state index contributed by atoms with van der Waals surface area (Å²) < 4.78 is 0. The summed E-state index contributed by atoms with van der Waals surface area (Å²) >= 11 is 2.05. The van der Waals surface area contributed by atoms with Gasteiger partial charge in [-0.3, -0.25) is 10.1 Å².